The smallest absolute Gasteiger partial charge is 0.410 e. The fourth-order valence-corrected chi connectivity index (χ4v) is 4.39. The number of rotatable bonds is 7. The summed E-state index contributed by atoms with van der Waals surface area (Å²) >= 11 is 0. The van der Waals surface area contributed by atoms with Crippen LogP contribution in [-0.2, 0) is 14.8 Å². The van der Waals surface area contributed by atoms with E-state index in [-0.39, 0.29) is 29.3 Å². The number of carbonyl (C=O) groups is 1. The lowest BCUT2D eigenvalue weighted by Crippen LogP contribution is -2.36. The summed E-state index contributed by atoms with van der Waals surface area (Å²) in [6.07, 6.45) is -0.609. The van der Waals surface area contributed by atoms with Gasteiger partial charge in [0.25, 0.3) is 0 Å². The molecule has 0 aliphatic carbocycles. The molecule has 1 aliphatic heterocycles. The topological polar surface area (TPSA) is 79.5 Å². The molecular weight excluding hydrogens is 380 g/mol. The van der Waals surface area contributed by atoms with Gasteiger partial charge in [0.05, 0.1) is 17.6 Å². The molecule has 0 spiro atoms. The molecule has 0 N–H and O–H groups in total. The fraction of sp³-hybridized carbons (Fsp3) is 0.350. The van der Waals surface area contributed by atoms with E-state index in [4.69, 9.17) is 9.47 Å². The van der Waals surface area contributed by atoms with Gasteiger partial charge in [-0.25, -0.2) is 13.2 Å². The van der Waals surface area contributed by atoms with E-state index in [1.165, 1.54) is 33.5 Å². The highest BCUT2D eigenvalue weighted by atomic mass is 32.2. The molecule has 0 radical (unpaired) electrons. The Hall–Kier alpha value is -2.42. The number of hydrogen-bond acceptors (Lipinski definition) is 5. The maximum absolute atomic E-state index is 13.3. The standard InChI is InChI=1S/C20H24N2O5S/c1-15(16-7-5-4-6-8-16)22(13-18-14-26-18)28(24,25)19-11-9-17(10-12-19)27-20(23)21(2)3/h4-12,15,18H,13-14H2,1-3H3. The SMILES string of the molecule is CC(c1ccccc1)N(CC1CO1)S(=O)(=O)c1ccc(OC(=O)N(C)C)cc1. The van der Waals surface area contributed by atoms with Crippen LogP contribution < -0.4 is 4.74 Å². The van der Waals surface area contributed by atoms with E-state index in [0.717, 1.165) is 5.56 Å². The number of epoxide rings is 1. The third kappa shape index (κ3) is 4.70. The van der Waals surface area contributed by atoms with Crippen molar-refractivity contribution in [3.63, 3.8) is 0 Å². The Kier molecular flexibility index (Phi) is 6.02. The molecule has 2 unspecified atom stereocenters. The Morgan fingerprint density at radius 1 is 1.14 bits per heavy atom. The van der Waals surface area contributed by atoms with Crippen LogP contribution in [0.1, 0.15) is 18.5 Å². The predicted octanol–water partition coefficient (Wildman–Crippen LogP) is 2.90. The van der Waals surface area contributed by atoms with Gasteiger partial charge in [-0.15, -0.1) is 0 Å². The molecule has 2 aromatic carbocycles. The zero-order valence-corrected chi connectivity index (χ0v) is 16.9. The highest BCUT2D eigenvalue weighted by Crippen LogP contribution is 2.30. The van der Waals surface area contributed by atoms with Crippen LogP contribution in [0.15, 0.2) is 59.5 Å². The van der Waals surface area contributed by atoms with Crippen LogP contribution in [0, 0.1) is 0 Å². The molecule has 8 heteroatoms. The predicted molar refractivity (Wildman–Crippen MR) is 105 cm³/mol. The number of amides is 1. The average molecular weight is 404 g/mol. The maximum atomic E-state index is 13.3. The molecule has 150 valence electrons. The first kappa shape index (κ1) is 20.3. The van der Waals surface area contributed by atoms with Crippen LogP contribution in [0.25, 0.3) is 0 Å². The van der Waals surface area contributed by atoms with Crippen molar-refractivity contribution >= 4 is 16.1 Å². The Balaban J connectivity index is 1.85. The van der Waals surface area contributed by atoms with Crippen molar-refractivity contribution in [3.05, 3.63) is 60.2 Å². The van der Waals surface area contributed by atoms with Crippen molar-refractivity contribution < 1.29 is 22.7 Å². The summed E-state index contributed by atoms with van der Waals surface area (Å²) in [6.45, 7) is 2.71. The van der Waals surface area contributed by atoms with Gasteiger partial charge in [0.2, 0.25) is 10.0 Å². The van der Waals surface area contributed by atoms with Crippen LogP contribution >= 0.6 is 0 Å². The fourth-order valence-electron chi connectivity index (χ4n) is 2.74. The molecular formula is C20H24N2O5S. The number of hydrogen-bond donors (Lipinski definition) is 0. The Bertz CT molecular complexity index is 909. The quantitative estimate of drug-likeness (QED) is 0.663. The van der Waals surface area contributed by atoms with Crippen molar-refractivity contribution in [2.45, 2.75) is 24.0 Å². The number of sulfonamides is 1. The number of nitrogens with zero attached hydrogens (tertiary/aromatic N) is 2. The van der Waals surface area contributed by atoms with Gasteiger partial charge in [0.1, 0.15) is 5.75 Å². The van der Waals surface area contributed by atoms with Gasteiger partial charge in [-0.2, -0.15) is 4.31 Å². The van der Waals surface area contributed by atoms with Gasteiger partial charge in [-0.3, -0.25) is 0 Å². The molecule has 0 bridgehead atoms. The molecule has 1 saturated heterocycles. The first-order valence-corrected chi connectivity index (χ1v) is 10.4. The van der Waals surface area contributed by atoms with Gasteiger partial charge < -0.3 is 14.4 Å². The first-order valence-electron chi connectivity index (χ1n) is 8.96. The van der Waals surface area contributed by atoms with Crippen molar-refractivity contribution in [2.24, 2.45) is 0 Å². The summed E-state index contributed by atoms with van der Waals surface area (Å²) < 4.78 is 38.5. The molecule has 1 fully saturated rings. The normalized spacial score (nSPS) is 17.2. The van der Waals surface area contributed by atoms with Crippen LogP contribution in [0.3, 0.4) is 0 Å². The lowest BCUT2D eigenvalue weighted by atomic mass is 10.1. The zero-order chi connectivity index (χ0) is 20.3. The van der Waals surface area contributed by atoms with Crippen LogP contribution in [0.4, 0.5) is 4.79 Å². The molecule has 0 aromatic heterocycles. The minimum Gasteiger partial charge on any atom is -0.410 e. The summed E-state index contributed by atoms with van der Waals surface area (Å²) in [5.74, 6) is 0.283. The van der Waals surface area contributed by atoms with Crippen molar-refractivity contribution in [1.82, 2.24) is 9.21 Å². The minimum atomic E-state index is -3.76. The highest BCUT2D eigenvalue weighted by molar-refractivity contribution is 7.89. The largest absolute Gasteiger partial charge is 0.414 e. The highest BCUT2D eigenvalue weighted by Gasteiger charge is 2.36. The van der Waals surface area contributed by atoms with Gasteiger partial charge in [-0.05, 0) is 36.8 Å². The number of benzene rings is 2. The Morgan fingerprint density at radius 2 is 1.75 bits per heavy atom. The summed E-state index contributed by atoms with van der Waals surface area (Å²) in [6, 6.07) is 15.0. The van der Waals surface area contributed by atoms with Crippen LogP contribution in [0.2, 0.25) is 0 Å². The number of carbonyl (C=O) groups excluding carboxylic acids is 1. The van der Waals surface area contributed by atoms with Gasteiger partial charge in [-0.1, -0.05) is 30.3 Å². The second-order valence-corrected chi connectivity index (χ2v) is 8.74. The zero-order valence-electron chi connectivity index (χ0n) is 16.1. The maximum Gasteiger partial charge on any atom is 0.414 e. The van der Waals surface area contributed by atoms with Gasteiger partial charge in [0.15, 0.2) is 0 Å². The molecule has 1 amide bonds. The molecule has 2 atom stereocenters. The molecule has 0 saturated carbocycles. The summed E-state index contributed by atoms with van der Waals surface area (Å²) in [5.41, 5.74) is 0.906. The second-order valence-electron chi connectivity index (χ2n) is 6.85. The van der Waals surface area contributed by atoms with E-state index in [0.29, 0.717) is 6.61 Å². The lowest BCUT2D eigenvalue weighted by molar-refractivity contribution is 0.172. The number of ether oxygens (including phenoxy) is 2. The average Bonchev–Trinajstić information content (AvgIpc) is 3.51. The molecule has 1 heterocycles. The summed E-state index contributed by atoms with van der Waals surface area (Å²) in [5, 5.41) is 0. The Labute approximate surface area is 165 Å². The molecule has 28 heavy (non-hydrogen) atoms. The van der Waals surface area contributed by atoms with Gasteiger partial charge in [0, 0.05) is 26.7 Å². The summed E-state index contributed by atoms with van der Waals surface area (Å²) in [7, 11) is -0.616. The van der Waals surface area contributed by atoms with E-state index < -0.39 is 16.1 Å². The van der Waals surface area contributed by atoms with Crippen LogP contribution in [-0.4, -0.2) is 57.1 Å². The molecule has 2 aromatic rings. The van der Waals surface area contributed by atoms with Crippen molar-refractivity contribution in [2.75, 3.05) is 27.2 Å². The second kappa shape index (κ2) is 8.30. The first-order chi connectivity index (χ1) is 13.3. The van der Waals surface area contributed by atoms with E-state index >= 15 is 0 Å². The molecule has 7 nitrogen and oxygen atoms in total. The van der Waals surface area contributed by atoms with Crippen molar-refractivity contribution in [3.8, 4) is 5.75 Å². The summed E-state index contributed by atoms with van der Waals surface area (Å²) in [4.78, 5) is 13.1. The van der Waals surface area contributed by atoms with E-state index in [9.17, 15) is 13.2 Å². The molecule has 1 aliphatic rings. The van der Waals surface area contributed by atoms with E-state index in [1.807, 2.05) is 37.3 Å². The Morgan fingerprint density at radius 3 is 2.29 bits per heavy atom. The van der Waals surface area contributed by atoms with Gasteiger partial charge >= 0.3 is 6.09 Å². The van der Waals surface area contributed by atoms with E-state index in [2.05, 4.69) is 0 Å². The van der Waals surface area contributed by atoms with Crippen molar-refractivity contribution in [1.29, 1.82) is 0 Å². The van der Waals surface area contributed by atoms with E-state index in [1.54, 1.807) is 14.1 Å². The third-order valence-electron chi connectivity index (χ3n) is 4.50. The monoisotopic (exact) mass is 404 g/mol. The molecule has 3 rings (SSSR count). The lowest BCUT2D eigenvalue weighted by Gasteiger charge is -2.28. The minimum absolute atomic E-state index is 0.0822. The third-order valence-corrected chi connectivity index (χ3v) is 6.45. The van der Waals surface area contributed by atoms with Crippen LogP contribution in [0.5, 0.6) is 5.75 Å².